The van der Waals surface area contributed by atoms with Crippen LogP contribution in [0.5, 0.6) is 0 Å². The molecule has 8 heterocycles. The zero-order valence-electron chi connectivity index (χ0n) is 31.6. The Kier molecular flexibility index (Phi) is 9.02. The van der Waals surface area contributed by atoms with Gasteiger partial charge in [0.05, 0.1) is 18.2 Å². The van der Waals surface area contributed by atoms with E-state index in [9.17, 15) is 19.2 Å². The van der Waals surface area contributed by atoms with E-state index in [4.69, 9.17) is 0 Å². The van der Waals surface area contributed by atoms with Crippen molar-refractivity contribution in [3.8, 4) is 0 Å². The van der Waals surface area contributed by atoms with E-state index in [2.05, 4.69) is 33.1 Å². The van der Waals surface area contributed by atoms with E-state index in [0.29, 0.717) is 28.8 Å². The molecule has 1 saturated carbocycles. The zero-order chi connectivity index (χ0) is 37.1. The summed E-state index contributed by atoms with van der Waals surface area (Å²) >= 11 is 0. The molecular weight excluding hydrogens is 677 g/mol. The number of carbonyl (C=O) groups is 4. The Morgan fingerprint density at radius 1 is 0.593 bits per heavy atom. The fourth-order valence-corrected chi connectivity index (χ4v) is 10.3. The first-order valence-corrected chi connectivity index (χ1v) is 20.3. The van der Waals surface area contributed by atoms with Gasteiger partial charge in [-0.15, -0.1) is 0 Å². The van der Waals surface area contributed by atoms with Crippen LogP contribution in [0.15, 0.2) is 54.2 Å². The highest BCUT2D eigenvalue weighted by Crippen LogP contribution is 2.40. The Morgan fingerprint density at radius 3 is 1.81 bits per heavy atom. The Hall–Kier alpha value is -4.99. The number of amides is 5. The summed E-state index contributed by atoms with van der Waals surface area (Å²) in [5.41, 5.74) is 7.34. The van der Waals surface area contributed by atoms with Gasteiger partial charge in [-0.25, -0.2) is 4.79 Å². The van der Waals surface area contributed by atoms with Gasteiger partial charge in [0.1, 0.15) is 11.7 Å². The average Bonchev–Trinajstić information content (AvgIpc) is 3.87. The van der Waals surface area contributed by atoms with Crippen molar-refractivity contribution >= 4 is 56.8 Å². The highest BCUT2D eigenvalue weighted by molar-refractivity contribution is 6.49. The zero-order valence-corrected chi connectivity index (χ0v) is 31.6. The van der Waals surface area contributed by atoms with Crippen molar-refractivity contribution in [3.63, 3.8) is 0 Å². The number of piperidine rings is 1. The number of imide groups is 2. The third kappa shape index (κ3) is 5.80. The van der Waals surface area contributed by atoms with E-state index in [1.807, 2.05) is 34.9 Å². The molecule has 10 nitrogen and oxygen atoms in total. The van der Waals surface area contributed by atoms with Crippen molar-refractivity contribution in [2.45, 2.75) is 95.9 Å². The number of carbonyl (C=O) groups excluding carboxylic acids is 4. The van der Waals surface area contributed by atoms with Crippen LogP contribution in [0.25, 0.3) is 27.4 Å². The summed E-state index contributed by atoms with van der Waals surface area (Å²) in [4.78, 5) is 67.7. The molecule has 7 aliphatic rings. The normalized spacial score (nSPS) is 24.9. The number of hydrogen-bond donors (Lipinski definition) is 2. The molecule has 0 radical (unpaired) electrons. The maximum Gasteiger partial charge on any atom is 0.501 e. The van der Waals surface area contributed by atoms with Crippen molar-refractivity contribution < 1.29 is 23.8 Å². The number of H-pyrrole nitrogens is 2. The number of aryl methyl sites for hydroxylation is 2. The van der Waals surface area contributed by atoms with E-state index < -0.39 is 0 Å². The number of fused-ring (bicyclic) bond motifs is 4. The molecule has 54 heavy (non-hydrogen) atoms. The molecule has 4 bridgehead atoms. The summed E-state index contributed by atoms with van der Waals surface area (Å²) in [5.74, 6) is 0.600. The van der Waals surface area contributed by atoms with Gasteiger partial charge in [0.2, 0.25) is 5.71 Å². The van der Waals surface area contributed by atoms with Crippen molar-refractivity contribution in [3.05, 3.63) is 76.7 Å². The van der Waals surface area contributed by atoms with Crippen molar-refractivity contribution in [2.75, 3.05) is 27.2 Å². The number of para-hydroxylation sites is 2. The maximum absolute atomic E-state index is 14.0. The minimum absolute atomic E-state index is 0.0166. The molecule has 280 valence electrons. The highest BCUT2D eigenvalue weighted by atomic mass is 16.2. The Bertz CT molecular complexity index is 2090. The third-order valence-corrected chi connectivity index (χ3v) is 13.2. The lowest BCUT2D eigenvalue weighted by atomic mass is 9.81. The van der Waals surface area contributed by atoms with Crippen molar-refractivity contribution in [1.82, 2.24) is 24.7 Å². The molecule has 0 atom stereocenters. The lowest BCUT2D eigenvalue weighted by molar-refractivity contribution is -0.476. The van der Waals surface area contributed by atoms with Crippen LogP contribution in [0.2, 0.25) is 0 Å². The van der Waals surface area contributed by atoms with Gasteiger partial charge in [0, 0.05) is 58.9 Å². The predicted octanol–water partition coefficient (Wildman–Crippen LogP) is 7.16. The number of aromatic nitrogens is 2. The monoisotopic (exact) mass is 727 g/mol. The first kappa shape index (κ1) is 34.8. The second kappa shape index (κ2) is 14.0. The molecular formula is C44H51N6O4+. The van der Waals surface area contributed by atoms with Crippen molar-refractivity contribution in [1.29, 1.82) is 0 Å². The molecule has 0 spiro atoms. The number of urea groups is 1. The third-order valence-electron chi connectivity index (χ3n) is 13.2. The summed E-state index contributed by atoms with van der Waals surface area (Å²) in [5, 5.41) is 1.96. The topological polar surface area (TPSA) is 113 Å². The van der Waals surface area contributed by atoms with Gasteiger partial charge < -0.3 is 14.9 Å². The molecule has 1 aliphatic carbocycles. The van der Waals surface area contributed by atoms with E-state index in [0.717, 1.165) is 128 Å². The van der Waals surface area contributed by atoms with Gasteiger partial charge in [-0.3, -0.25) is 14.5 Å². The molecule has 11 rings (SSSR count). The second-order valence-electron chi connectivity index (χ2n) is 16.4. The largest absolute Gasteiger partial charge is 0.501 e. The summed E-state index contributed by atoms with van der Waals surface area (Å²) < 4.78 is 1.86. The van der Waals surface area contributed by atoms with Crippen LogP contribution < -0.4 is 0 Å². The minimum Gasteiger partial charge on any atom is -0.366 e. The fraction of sp³-hybridized carbons (Fsp3) is 0.477. The lowest BCUT2D eigenvalue weighted by Crippen LogP contribution is -2.38. The summed E-state index contributed by atoms with van der Waals surface area (Å²) in [6.07, 6.45) is 13.7. The second-order valence-corrected chi connectivity index (χ2v) is 16.4. The SMILES string of the molecule is CN1C(=O)C2=C(C1=O)N1CCC(CCCC3CCC(CC3)[N+]3=C(C(=O)N(C)C3=O)c3c([nH]c4ccccc34)CCCCCc3[nH]c4ccccc4c32)CC1. The predicted molar refractivity (Wildman–Crippen MR) is 209 cm³/mol. The quantitative estimate of drug-likeness (QED) is 0.148. The molecule has 1 saturated heterocycles. The fourth-order valence-electron chi connectivity index (χ4n) is 10.3. The van der Waals surface area contributed by atoms with Crippen LogP contribution in [0.4, 0.5) is 4.79 Å². The van der Waals surface area contributed by atoms with Gasteiger partial charge in [0.25, 0.3) is 11.8 Å². The number of rotatable bonds is 0. The Labute approximate surface area is 316 Å². The van der Waals surface area contributed by atoms with Gasteiger partial charge in [-0.2, -0.15) is 14.3 Å². The molecule has 2 aromatic carbocycles. The number of nitrogens with zero attached hydrogens (tertiary/aromatic N) is 4. The standard InChI is InChI=1S/C44H50N6O4/c1-47-41(51)38-36-30-13-6-8-15-32(30)45-34(36)17-4-3-5-18-35-37(31-14-7-9-16-33(31)46-35)40-43(53)48(2)44(54)50(40)29-21-19-27(20-22-29)11-10-12-28-23-25-49(26-24-28)39(38)42(47)52/h6-9,13-16,27-29H,3-5,10-12,17-26H2,1-2H3,(H,45,52)/p+1. The molecule has 2 fully saturated rings. The summed E-state index contributed by atoms with van der Waals surface area (Å²) in [7, 11) is 3.24. The van der Waals surface area contributed by atoms with Crippen LogP contribution in [0.3, 0.4) is 0 Å². The first-order valence-electron chi connectivity index (χ1n) is 20.3. The number of hydrogen-bond acceptors (Lipinski definition) is 5. The molecule has 6 aliphatic heterocycles. The molecule has 2 aromatic heterocycles. The molecule has 5 amide bonds. The lowest BCUT2D eigenvalue weighted by Gasteiger charge is -2.34. The Balaban J connectivity index is 1.08. The van der Waals surface area contributed by atoms with Crippen LogP contribution in [0, 0.1) is 11.8 Å². The number of nitrogens with one attached hydrogen (secondary N) is 2. The van der Waals surface area contributed by atoms with Crippen LogP contribution >= 0.6 is 0 Å². The van der Waals surface area contributed by atoms with E-state index in [-0.39, 0.29) is 29.8 Å². The summed E-state index contributed by atoms with van der Waals surface area (Å²) in [6, 6.07) is 16.1. The minimum atomic E-state index is -0.220. The molecule has 4 aromatic rings. The number of benzene rings is 2. The van der Waals surface area contributed by atoms with E-state index in [1.165, 1.54) is 29.1 Å². The number of aromatic amines is 2. The average molecular weight is 728 g/mol. The van der Waals surface area contributed by atoms with Gasteiger partial charge >= 0.3 is 11.9 Å². The molecule has 10 heteroatoms. The van der Waals surface area contributed by atoms with Crippen LogP contribution in [0.1, 0.15) is 99.6 Å². The van der Waals surface area contributed by atoms with Gasteiger partial charge in [0.15, 0.2) is 0 Å². The van der Waals surface area contributed by atoms with Crippen LogP contribution in [-0.4, -0.2) is 91.9 Å². The smallest absolute Gasteiger partial charge is 0.366 e. The van der Waals surface area contributed by atoms with Crippen molar-refractivity contribution in [2.24, 2.45) is 11.8 Å². The highest BCUT2D eigenvalue weighted by Gasteiger charge is 2.50. The van der Waals surface area contributed by atoms with Gasteiger partial charge in [-0.05, 0) is 88.2 Å². The van der Waals surface area contributed by atoms with Crippen LogP contribution in [-0.2, 0) is 27.2 Å². The molecule has 2 N–H and O–H groups in total. The van der Waals surface area contributed by atoms with E-state index in [1.54, 1.807) is 14.1 Å². The summed E-state index contributed by atoms with van der Waals surface area (Å²) in [6.45, 7) is 1.57. The van der Waals surface area contributed by atoms with E-state index >= 15 is 0 Å². The maximum atomic E-state index is 14.0. The number of likely N-dealkylation sites (N-methyl/N-ethyl adjacent to an activating group) is 2. The molecule has 0 unspecified atom stereocenters. The Morgan fingerprint density at radius 2 is 1.17 bits per heavy atom. The first-order chi connectivity index (χ1) is 26.3. The van der Waals surface area contributed by atoms with Gasteiger partial charge in [-0.1, -0.05) is 62.1 Å².